The van der Waals surface area contributed by atoms with Crippen LogP contribution in [0.15, 0.2) is 194 Å². The average Bonchev–Trinajstić information content (AvgIpc) is 4.11. The van der Waals surface area contributed by atoms with E-state index in [0.717, 1.165) is 49.2 Å². The smallest absolute Gasteiger partial charge is 0.132 e. The molecular weight excluding hydrogens is 829 g/mol. The number of hydrogen-bond donors (Lipinski definition) is 0. The fourth-order valence-electron chi connectivity index (χ4n) is 11.2. The Morgan fingerprint density at radius 1 is 0.354 bits per heavy atom. The van der Waals surface area contributed by atoms with E-state index >= 15 is 0 Å². The van der Waals surface area contributed by atoms with Crippen LogP contribution in [-0.4, -0.2) is 9.97 Å². The van der Waals surface area contributed by atoms with Crippen molar-refractivity contribution in [2.24, 2.45) is 0 Å². The van der Waals surface area contributed by atoms with E-state index in [0.29, 0.717) is 0 Å². The maximum atomic E-state index is 6.58. The highest BCUT2D eigenvalue weighted by molar-refractivity contribution is 7.22. The zero-order valence-corrected chi connectivity index (χ0v) is 37.2. The zero-order chi connectivity index (χ0) is 43.0. The molecule has 0 atom stereocenters. The predicted octanol–water partition coefficient (Wildman–Crippen LogP) is 16.3. The highest BCUT2D eigenvalue weighted by atomic mass is 32.1. The van der Waals surface area contributed by atoms with Crippen LogP contribution in [0.2, 0.25) is 0 Å². The first-order valence-corrected chi connectivity index (χ1v) is 23.8. The maximum absolute atomic E-state index is 6.58. The van der Waals surface area contributed by atoms with Gasteiger partial charge in [0.25, 0.3) is 0 Å². The van der Waals surface area contributed by atoms with Crippen LogP contribution in [0, 0.1) is 0 Å². The summed E-state index contributed by atoms with van der Waals surface area (Å²) in [6.07, 6.45) is 0. The van der Waals surface area contributed by atoms with Gasteiger partial charge in [-0.2, -0.15) is 0 Å². The molecule has 0 amide bonds. The molecule has 1 spiro atoms. The van der Waals surface area contributed by atoms with Gasteiger partial charge in [-0.05, 0) is 140 Å². The quantitative estimate of drug-likeness (QED) is 0.177. The van der Waals surface area contributed by atoms with Gasteiger partial charge in [0, 0.05) is 27.7 Å². The van der Waals surface area contributed by atoms with E-state index < -0.39 is 5.41 Å². The molecule has 11 aromatic rings. The Kier molecular flexibility index (Phi) is 7.70. The van der Waals surface area contributed by atoms with Gasteiger partial charge in [-0.1, -0.05) is 135 Å². The second-order valence-corrected chi connectivity index (χ2v) is 20.1. The van der Waals surface area contributed by atoms with Crippen molar-refractivity contribution >= 4 is 43.1 Å². The van der Waals surface area contributed by atoms with Crippen molar-refractivity contribution < 1.29 is 4.74 Å². The van der Waals surface area contributed by atoms with Gasteiger partial charge >= 0.3 is 0 Å². The van der Waals surface area contributed by atoms with E-state index in [9.17, 15) is 0 Å². The fourth-order valence-corrected chi connectivity index (χ4v) is 13.1. The summed E-state index contributed by atoms with van der Waals surface area (Å²) in [6, 6.07) is 71.2. The summed E-state index contributed by atoms with van der Waals surface area (Å²) in [7, 11) is 0. The second kappa shape index (κ2) is 13.5. The van der Waals surface area contributed by atoms with E-state index in [-0.39, 0.29) is 5.41 Å². The molecule has 3 heterocycles. The number of nitrogens with zero attached hydrogens (tertiary/aromatic N) is 2. The first-order valence-electron chi connectivity index (χ1n) is 22.2. The van der Waals surface area contributed by atoms with E-state index in [1.54, 1.807) is 22.7 Å². The third kappa shape index (κ3) is 5.28. The summed E-state index contributed by atoms with van der Waals surface area (Å²) in [6.45, 7) is 4.73. The second-order valence-electron chi connectivity index (χ2n) is 18.1. The Hall–Kier alpha value is -7.44. The van der Waals surface area contributed by atoms with Crippen LogP contribution in [0.3, 0.4) is 0 Å². The lowest BCUT2D eigenvalue weighted by molar-refractivity contribution is 0.436. The van der Waals surface area contributed by atoms with Gasteiger partial charge in [0.05, 0.1) is 25.8 Å². The van der Waals surface area contributed by atoms with Crippen molar-refractivity contribution in [2.75, 3.05) is 0 Å². The molecule has 3 aliphatic rings. The number of rotatable bonds is 4. The first kappa shape index (κ1) is 37.0. The summed E-state index contributed by atoms with van der Waals surface area (Å²) in [4.78, 5) is 10.2. The Morgan fingerprint density at radius 3 is 1.32 bits per heavy atom. The molecule has 0 unspecified atom stereocenters. The van der Waals surface area contributed by atoms with Crippen LogP contribution in [0.5, 0.6) is 11.5 Å². The number of fused-ring (bicyclic) bond motifs is 14. The molecule has 0 bridgehead atoms. The molecule has 3 nitrogen and oxygen atoms in total. The molecule has 2 aliphatic carbocycles. The van der Waals surface area contributed by atoms with Gasteiger partial charge in [-0.25, -0.2) is 9.97 Å². The van der Waals surface area contributed by atoms with Gasteiger partial charge in [0.2, 0.25) is 0 Å². The van der Waals surface area contributed by atoms with Crippen LogP contribution in [0.1, 0.15) is 47.2 Å². The molecule has 0 saturated heterocycles. The molecule has 14 rings (SSSR count). The minimum Gasteiger partial charge on any atom is -0.457 e. The summed E-state index contributed by atoms with van der Waals surface area (Å²) < 4.78 is 8.96. The third-order valence-corrected chi connectivity index (χ3v) is 16.4. The number of hydrogen-bond acceptors (Lipinski definition) is 5. The van der Waals surface area contributed by atoms with Crippen molar-refractivity contribution in [1.29, 1.82) is 0 Å². The van der Waals surface area contributed by atoms with E-state index in [1.807, 2.05) is 0 Å². The van der Waals surface area contributed by atoms with Crippen molar-refractivity contribution in [3.8, 4) is 77.1 Å². The standard InChI is InChI=1S/C60H38N2OS2/c1-59(2)45-26-23-35(36-25-28-48-42(32-36)41-13-3-4-14-47(41)60(48)49-15-5-9-19-53(49)63-54-20-10-6-16-50(54)60)33-43(45)44-34-37(24-27-46(44)59)38-29-39(57-61-51-17-7-11-21-55(51)64-57)31-40(30-38)58-62-52-18-8-12-22-56(52)65-58/h3-34H,1-2H3. The number of ether oxygens (including phenoxy) is 1. The number of benzene rings is 9. The monoisotopic (exact) mass is 866 g/mol. The molecule has 0 radical (unpaired) electrons. The minimum absolute atomic E-state index is 0.149. The molecule has 0 N–H and O–H groups in total. The summed E-state index contributed by atoms with van der Waals surface area (Å²) >= 11 is 3.49. The Balaban J connectivity index is 0.911. The minimum atomic E-state index is -0.482. The van der Waals surface area contributed by atoms with Gasteiger partial charge in [0.1, 0.15) is 21.5 Å². The highest BCUT2D eigenvalue weighted by Gasteiger charge is 2.51. The molecule has 65 heavy (non-hydrogen) atoms. The molecule has 306 valence electrons. The third-order valence-electron chi connectivity index (χ3n) is 14.2. The van der Waals surface area contributed by atoms with Gasteiger partial charge in [-0.15, -0.1) is 22.7 Å². The van der Waals surface area contributed by atoms with Gasteiger partial charge in [-0.3, -0.25) is 0 Å². The lowest BCUT2D eigenvalue weighted by atomic mass is 9.66. The van der Waals surface area contributed by atoms with Crippen LogP contribution in [0.25, 0.3) is 86.1 Å². The largest absolute Gasteiger partial charge is 0.457 e. The van der Waals surface area contributed by atoms with Gasteiger partial charge in [0.15, 0.2) is 0 Å². The van der Waals surface area contributed by atoms with Crippen molar-refractivity contribution in [3.05, 3.63) is 228 Å². The molecule has 0 fully saturated rings. The maximum Gasteiger partial charge on any atom is 0.132 e. The Morgan fingerprint density at radius 2 is 0.769 bits per heavy atom. The van der Waals surface area contributed by atoms with Crippen LogP contribution >= 0.6 is 22.7 Å². The van der Waals surface area contributed by atoms with Crippen molar-refractivity contribution in [1.82, 2.24) is 9.97 Å². The molecular formula is C60H38N2OS2. The summed E-state index contributed by atoms with van der Waals surface area (Å²) in [5.41, 5.74) is 21.2. The van der Waals surface area contributed by atoms with Crippen LogP contribution < -0.4 is 4.74 Å². The predicted molar refractivity (Wildman–Crippen MR) is 269 cm³/mol. The number of para-hydroxylation sites is 4. The topological polar surface area (TPSA) is 35.0 Å². The molecule has 0 saturated carbocycles. The number of aromatic nitrogens is 2. The van der Waals surface area contributed by atoms with Crippen molar-refractivity contribution in [3.63, 3.8) is 0 Å². The molecule has 5 heteroatoms. The first-order chi connectivity index (χ1) is 31.9. The Bertz CT molecular complexity index is 3610. The molecule has 9 aromatic carbocycles. The van der Waals surface area contributed by atoms with E-state index in [1.165, 1.54) is 81.7 Å². The average molecular weight is 867 g/mol. The van der Waals surface area contributed by atoms with Crippen molar-refractivity contribution in [2.45, 2.75) is 24.7 Å². The molecule has 2 aromatic heterocycles. The van der Waals surface area contributed by atoms with Crippen LogP contribution in [0.4, 0.5) is 0 Å². The fraction of sp³-hybridized carbons (Fsp3) is 0.0667. The summed E-state index contributed by atoms with van der Waals surface area (Å²) in [5.74, 6) is 1.82. The zero-order valence-electron chi connectivity index (χ0n) is 35.6. The van der Waals surface area contributed by atoms with E-state index in [4.69, 9.17) is 14.7 Å². The van der Waals surface area contributed by atoms with E-state index in [2.05, 4.69) is 208 Å². The normalized spacial score (nSPS) is 14.4. The lowest BCUT2D eigenvalue weighted by Crippen LogP contribution is -2.32. The molecule has 1 aliphatic heterocycles. The summed E-state index contributed by atoms with van der Waals surface area (Å²) in [5, 5.41) is 2.03. The lowest BCUT2D eigenvalue weighted by Gasteiger charge is -2.39. The SMILES string of the molecule is CC1(C)c2ccc(-c3cc(-c4nc5ccccc5s4)cc(-c4nc5ccccc5s4)c3)cc2-c2cc(-c3ccc4c(c3)-c3ccccc3C43c4ccccc4Oc4ccccc43)ccc21. The Labute approximate surface area is 385 Å². The van der Waals surface area contributed by atoms with Gasteiger partial charge < -0.3 is 4.74 Å². The van der Waals surface area contributed by atoms with Crippen LogP contribution in [-0.2, 0) is 10.8 Å². The highest BCUT2D eigenvalue weighted by Crippen LogP contribution is 2.62. The number of thiazole rings is 2.